The van der Waals surface area contributed by atoms with E-state index in [2.05, 4.69) is 34.3 Å². The van der Waals surface area contributed by atoms with E-state index in [1.165, 1.54) is 0 Å². The third-order valence-electron chi connectivity index (χ3n) is 4.18. The number of aromatic nitrogens is 2. The van der Waals surface area contributed by atoms with Crippen LogP contribution in [-0.2, 0) is 4.74 Å². The predicted octanol–water partition coefficient (Wildman–Crippen LogP) is 1.95. The summed E-state index contributed by atoms with van der Waals surface area (Å²) in [6.45, 7) is 5.34. The lowest BCUT2D eigenvalue weighted by molar-refractivity contribution is 0.210. The summed E-state index contributed by atoms with van der Waals surface area (Å²) in [6, 6.07) is 12.2. The molecule has 6 heteroatoms. The van der Waals surface area contributed by atoms with Gasteiger partial charge in [0.2, 0.25) is 5.95 Å². The fourth-order valence-electron chi connectivity index (χ4n) is 2.71. The standard InChI is InChI=1S/C18H25N5O/c1-22-9-11-23(12-10-22)18-20-16(15-6-4-3-5-7-15)14-17(21-18)19-8-13-24-2/h3-7,14H,8-13H2,1-2H3,(H,19,20,21). The largest absolute Gasteiger partial charge is 0.383 e. The molecule has 2 aromatic rings. The molecule has 1 fully saturated rings. The Balaban J connectivity index is 1.87. The number of hydrogen-bond donors (Lipinski definition) is 1. The zero-order valence-corrected chi connectivity index (χ0v) is 14.4. The molecule has 1 aromatic carbocycles. The molecule has 0 amide bonds. The fourth-order valence-corrected chi connectivity index (χ4v) is 2.71. The molecule has 3 rings (SSSR count). The number of nitrogens with one attached hydrogen (secondary N) is 1. The topological polar surface area (TPSA) is 53.5 Å². The Bertz CT molecular complexity index is 641. The van der Waals surface area contributed by atoms with Gasteiger partial charge < -0.3 is 19.9 Å². The van der Waals surface area contributed by atoms with Crippen LogP contribution in [0.2, 0.25) is 0 Å². The molecule has 0 aliphatic carbocycles. The van der Waals surface area contributed by atoms with Crippen molar-refractivity contribution >= 4 is 11.8 Å². The van der Waals surface area contributed by atoms with Crippen LogP contribution in [0, 0.1) is 0 Å². The van der Waals surface area contributed by atoms with Gasteiger partial charge in [0, 0.05) is 51.5 Å². The van der Waals surface area contributed by atoms with Gasteiger partial charge in [0.05, 0.1) is 12.3 Å². The molecule has 0 unspecified atom stereocenters. The molecule has 0 spiro atoms. The highest BCUT2D eigenvalue weighted by atomic mass is 16.5. The molecule has 0 atom stereocenters. The van der Waals surface area contributed by atoms with E-state index < -0.39 is 0 Å². The Morgan fingerprint density at radius 2 is 1.83 bits per heavy atom. The molecule has 128 valence electrons. The first-order chi connectivity index (χ1) is 11.8. The van der Waals surface area contributed by atoms with E-state index in [4.69, 9.17) is 14.7 Å². The minimum Gasteiger partial charge on any atom is -0.383 e. The average molecular weight is 327 g/mol. The number of ether oxygens (including phenoxy) is 1. The van der Waals surface area contributed by atoms with Gasteiger partial charge in [-0.2, -0.15) is 4.98 Å². The smallest absolute Gasteiger partial charge is 0.227 e. The quantitative estimate of drug-likeness (QED) is 0.819. The van der Waals surface area contributed by atoms with Crippen LogP contribution in [0.1, 0.15) is 0 Å². The van der Waals surface area contributed by atoms with E-state index in [1.54, 1.807) is 7.11 Å². The number of methoxy groups -OCH3 is 1. The first-order valence-corrected chi connectivity index (χ1v) is 8.37. The summed E-state index contributed by atoms with van der Waals surface area (Å²) in [5, 5.41) is 3.33. The number of hydrogen-bond acceptors (Lipinski definition) is 6. The van der Waals surface area contributed by atoms with Crippen molar-refractivity contribution in [2.45, 2.75) is 0 Å². The van der Waals surface area contributed by atoms with E-state index >= 15 is 0 Å². The van der Waals surface area contributed by atoms with Gasteiger partial charge in [-0.1, -0.05) is 30.3 Å². The number of rotatable bonds is 6. The number of piperazine rings is 1. The Kier molecular flexibility index (Phi) is 5.61. The third-order valence-corrected chi connectivity index (χ3v) is 4.18. The molecular formula is C18H25N5O. The highest BCUT2D eigenvalue weighted by Crippen LogP contribution is 2.23. The maximum absolute atomic E-state index is 5.11. The van der Waals surface area contributed by atoms with Gasteiger partial charge in [-0.25, -0.2) is 4.98 Å². The molecule has 2 heterocycles. The lowest BCUT2D eigenvalue weighted by Gasteiger charge is -2.32. The van der Waals surface area contributed by atoms with Crippen molar-refractivity contribution in [1.82, 2.24) is 14.9 Å². The highest BCUT2D eigenvalue weighted by molar-refractivity contribution is 5.64. The normalized spacial score (nSPS) is 15.5. The number of nitrogens with zero attached hydrogens (tertiary/aromatic N) is 4. The van der Waals surface area contributed by atoms with Crippen LogP contribution in [0.25, 0.3) is 11.3 Å². The van der Waals surface area contributed by atoms with Crippen LogP contribution in [-0.4, -0.2) is 68.4 Å². The van der Waals surface area contributed by atoms with E-state index in [0.29, 0.717) is 6.61 Å². The Morgan fingerprint density at radius 1 is 1.08 bits per heavy atom. The monoisotopic (exact) mass is 327 g/mol. The van der Waals surface area contributed by atoms with E-state index in [-0.39, 0.29) is 0 Å². The second-order valence-electron chi connectivity index (χ2n) is 6.01. The first-order valence-electron chi connectivity index (χ1n) is 8.37. The first kappa shape index (κ1) is 16.7. The van der Waals surface area contributed by atoms with Gasteiger partial charge in [0.1, 0.15) is 5.82 Å². The van der Waals surface area contributed by atoms with Gasteiger partial charge >= 0.3 is 0 Å². The second-order valence-corrected chi connectivity index (χ2v) is 6.01. The Labute approximate surface area is 143 Å². The number of benzene rings is 1. The summed E-state index contributed by atoms with van der Waals surface area (Å²) in [5.41, 5.74) is 2.05. The molecule has 6 nitrogen and oxygen atoms in total. The van der Waals surface area contributed by atoms with Gasteiger partial charge in [-0.3, -0.25) is 0 Å². The van der Waals surface area contributed by atoms with Crippen molar-refractivity contribution in [3.63, 3.8) is 0 Å². The second kappa shape index (κ2) is 8.08. The molecule has 1 aliphatic rings. The van der Waals surface area contributed by atoms with Crippen molar-refractivity contribution in [3.8, 4) is 11.3 Å². The van der Waals surface area contributed by atoms with Crippen LogP contribution in [0.3, 0.4) is 0 Å². The summed E-state index contributed by atoms with van der Waals surface area (Å²) < 4.78 is 5.11. The zero-order valence-electron chi connectivity index (χ0n) is 14.4. The van der Waals surface area contributed by atoms with Crippen LogP contribution in [0.5, 0.6) is 0 Å². The van der Waals surface area contributed by atoms with Crippen LogP contribution < -0.4 is 10.2 Å². The third kappa shape index (κ3) is 4.21. The molecule has 0 bridgehead atoms. The highest BCUT2D eigenvalue weighted by Gasteiger charge is 2.18. The fraction of sp³-hybridized carbons (Fsp3) is 0.444. The van der Waals surface area contributed by atoms with Gasteiger partial charge in [0.25, 0.3) is 0 Å². The molecule has 1 N–H and O–H groups in total. The number of likely N-dealkylation sites (N-methyl/N-ethyl adjacent to an activating group) is 1. The number of anilines is 2. The molecule has 24 heavy (non-hydrogen) atoms. The minimum atomic E-state index is 0.647. The van der Waals surface area contributed by atoms with Crippen molar-refractivity contribution in [2.24, 2.45) is 0 Å². The van der Waals surface area contributed by atoms with Crippen molar-refractivity contribution in [2.75, 3.05) is 63.7 Å². The molecule has 0 saturated carbocycles. The lowest BCUT2D eigenvalue weighted by atomic mass is 10.1. The van der Waals surface area contributed by atoms with Crippen molar-refractivity contribution in [1.29, 1.82) is 0 Å². The van der Waals surface area contributed by atoms with Crippen LogP contribution >= 0.6 is 0 Å². The average Bonchev–Trinajstić information content (AvgIpc) is 2.63. The Hall–Kier alpha value is -2.18. The molecule has 1 aliphatic heterocycles. The van der Waals surface area contributed by atoms with E-state index in [1.807, 2.05) is 24.3 Å². The molecule has 0 radical (unpaired) electrons. The van der Waals surface area contributed by atoms with Crippen molar-refractivity contribution < 1.29 is 4.74 Å². The summed E-state index contributed by atoms with van der Waals surface area (Å²) >= 11 is 0. The maximum atomic E-state index is 5.11. The lowest BCUT2D eigenvalue weighted by Crippen LogP contribution is -2.45. The van der Waals surface area contributed by atoms with Crippen molar-refractivity contribution in [3.05, 3.63) is 36.4 Å². The zero-order chi connectivity index (χ0) is 16.8. The summed E-state index contributed by atoms with van der Waals surface area (Å²) in [5.74, 6) is 1.64. The summed E-state index contributed by atoms with van der Waals surface area (Å²) in [4.78, 5) is 14.1. The minimum absolute atomic E-state index is 0.647. The SMILES string of the molecule is COCCNc1cc(-c2ccccc2)nc(N2CCN(C)CC2)n1. The van der Waals surface area contributed by atoms with Gasteiger partial charge in [-0.15, -0.1) is 0 Å². The van der Waals surface area contributed by atoms with E-state index in [9.17, 15) is 0 Å². The molecular weight excluding hydrogens is 302 g/mol. The Morgan fingerprint density at radius 3 is 2.54 bits per heavy atom. The maximum Gasteiger partial charge on any atom is 0.227 e. The predicted molar refractivity (Wildman–Crippen MR) is 97.5 cm³/mol. The molecule has 1 aromatic heterocycles. The van der Waals surface area contributed by atoms with Crippen LogP contribution in [0.4, 0.5) is 11.8 Å². The molecule has 1 saturated heterocycles. The van der Waals surface area contributed by atoms with Crippen LogP contribution in [0.15, 0.2) is 36.4 Å². The summed E-state index contributed by atoms with van der Waals surface area (Å²) in [7, 11) is 3.85. The van der Waals surface area contributed by atoms with E-state index in [0.717, 1.165) is 55.7 Å². The summed E-state index contributed by atoms with van der Waals surface area (Å²) in [6.07, 6.45) is 0. The van der Waals surface area contributed by atoms with Gasteiger partial charge in [-0.05, 0) is 7.05 Å². The van der Waals surface area contributed by atoms with Gasteiger partial charge in [0.15, 0.2) is 0 Å².